The Balaban J connectivity index is 2.18. The summed E-state index contributed by atoms with van der Waals surface area (Å²) < 4.78 is 1.96. The van der Waals surface area contributed by atoms with E-state index >= 15 is 0 Å². The zero-order valence-corrected chi connectivity index (χ0v) is 14.3. The number of aryl methyl sites for hydroxylation is 2. The van der Waals surface area contributed by atoms with Crippen LogP contribution in [0.1, 0.15) is 51.4 Å². The minimum absolute atomic E-state index is 0.615. The lowest BCUT2D eigenvalue weighted by atomic mass is 9.89. The van der Waals surface area contributed by atoms with E-state index < -0.39 is 5.60 Å². The third kappa shape index (κ3) is 3.79. The van der Waals surface area contributed by atoms with Crippen molar-refractivity contribution in [2.45, 2.75) is 65.0 Å². The summed E-state index contributed by atoms with van der Waals surface area (Å²) in [5.74, 6) is 0. The van der Waals surface area contributed by atoms with Crippen LogP contribution < -0.4 is 0 Å². The van der Waals surface area contributed by atoms with Crippen LogP contribution in [-0.2, 0) is 19.4 Å². The van der Waals surface area contributed by atoms with Crippen molar-refractivity contribution in [2.24, 2.45) is 0 Å². The molecule has 0 radical (unpaired) electrons. The summed E-state index contributed by atoms with van der Waals surface area (Å²) in [6.45, 7) is 10.2. The van der Waals surface area contributed by atoms with Crippen molar-refractivity contribution >= 4 is 11.6 Å². The molecule has 0 aromatic carbocycles. The predicted octanol–water partition coefficient (Wildman–Crippen LogP) is 2.90. The molecule has 2 heterocycles. The van der Waals surface area contributed by atoms with Gasteiger partial charge in [0.25, 0.3) is 0 Å². The van der Waals surface area contributed by atoms with Gasteiger partial charge in [-0.15, -0.1) is 0 Å². The highest BCUT2D eigenvalue weighted by Gasteiger charge is 2.32. The zero-order valence-electron chi connectivity index (χ0n) is 13.5. The van der Waals surface area contributed by atoms with Crippen LogP contribution in [0, 0.1) is 0 Å². The van der Waals surface area contributed by atoms with Crippen LogP contribution >= 0.6 is 11.6 Å². The minimum Gasteiger partial charge on any atom is -0.389 e. The van der Waals surface area contributed by atoms with Crippen molar-refractivity contribution in [3.63, 3.8) is 0 Å². The molecule has 0 saturated carbocycles. The Morgan fingerprint density at radius 2 is 1.95 bits per heavy atom. The van der Waals surface area contributed by atoms with Crippen LogP contribution in [0.3, 0.4) is 0 Å². The Hall–Kier alpha value is -0.580. The Morgan fingerprint density at radius 1 is 1.19 bits per heavy atom. The van der Waals surface area contributed by atoms with Gasteiger partial charge in [0, 0.05) is 19.5 Å². The van der Waals surface area contributed by atoms with Gasteiger partial charge in [0.05, 0.1) is 22.0 Å². The fourth-order valence-electron chi connectivity index (χ4n) is 3.23. The molecule has 1 N–H and O–H groups in total. The molecular formula is C16H28ClN3O. The maximum Gasteiger partial charge on any atom is 0.0850 e. The number of rotatable bonds is 5. The number of aromatic nitrogens is 2. The van der Waals surface area contributed by atoms with E-state index in [4.69, 9.17) is 11.6 Å². The van der Waals surface area contributed by atoms with Crippen molar-refractivity contribution in [2.75, 3.05) is 19.6 Å². The first-order chi connectivity index (χ1) is 10.0. The van der Waals surface area contributed by atoms with E-state index in [1.165, 1.54) is 0 Å². The smallest absolute Gasteiger partial charge is 0.0850 e. The van der Waals surface area contributed by atoms with Crippen molar-refractivity contribution < 1.29 is 5.11 Å². The van der Waals surface area contributed by atoms with Gasteiger partial charge in [-0.2, -0.15) is 5.10 Å². The van der Waals surface area contributed by atoms with E-state index in [1.807, 2.05) is 4.68 Å². The summed E-state index contributed by atoms with van der Waals surface area (Å²) in [4.78, 5) is 2.41. The van der Waals surface area contributed by atoms with Gasteiger partial charge >= 0.3 is 0 Å². The van der Waals surface area contributed by atoms with Crippen molar-refractivity contribution in [1.29, 1.82) is 0 Å². The van der Waals surface area contributed by atoms with E-state index in [0.29, 0.717) is 6.42 Å². The highest BCUT2D eigenvalue weighted by Crippen LogP contribution is 2.31. The van der Waals surface area contributed by atoms with Crippen molar-refractivity contribution in [1.82, 2.24) is 14.7 Å². The average molecular weight is 314 g/mol. The maximum atomic E-state index is 11.0. The molecule has 1 unspecified atom stereocenters. The second-order valence-corrected chi connectivity index (χ2v) is 6.44. The predicted molar refractivity (Wildman–Crippen MR) is 86.9 cm³/mol. The topological polar surface area (TPSA) is 41.3 Å². The number of nitrogens with zero attached hydrogens (tertiary/aromatic N) is 3. The number of likely N-dealkylation sites (tertiary alicyclic amines) is 1. The molecule has 1 aliphatic heterocycles. The first-order valence-corrected chi connectivity index (χ1v) is 8.59. The van der Waals surface area contributed by atoms with Crippen molar-refractivity contribution in [3.8, 4) is 0 Å². The SMILES string of the molecule is CCc1nn(CC)c(CC2(O)CCCN(CC)CC2)c1Cl. The molecule has 0 spiro atoms. The van der Waals surface area contributed by atoms with E-state index in [-0.39, 0.29) is 0 Å². The molecule has 1 saturated heterocycles. The van der Waals surface area contributed by atoms with Crippen LogP contribution in [-0.4, -0.2) is 45.0 Å². The van der Waals surface area contributed by atoms with Crippen molar-refractivity contribution in [3.05, 3.63) is 16.4 Å². The van der Waals surface area contributed by atoms with Gasteiger partial charge in [-0.3, -0.25) is 4.68 Å². The Morgan fingerprint density at radius 3 is 2.57 bits per heavy atom. The number of hydrogen-bond donors (Lipinski definition) is 1. The summed E-state index contributed by atoms with van der Waals surface area (Å²) in [5, 5.41) is 16.3. The average Bonchev–Trinajstić information content (AvgIpc) is 2.66. The number of halogens is 1. The van der Waals surface area contributed by atoms with Crippen LogP contribution in [0.5, 0.6) is 0 Å². The van der Waals surface area contributed by atoms with E-state index in [2.05, 4.69) is 30.8 Å². The van der Waals surface area contributed by atoms with Gasteiger partial charge in [0.1, 0.15) is 0 Å². The van der Waals surface area contributed by atoms with Crippen LogP contribution in [0.25, 0.3) is 0 Å². The van der Waals surface area contributed by atoms with Crippen LogP contribution in [0.15, 0.2) is 0 Å². The van der Waals surface area contributed by atoms with Gasteiger partial charge in [-0.05, 0) is 45.7 Å². The molecule has 1 atom stereocenters. The van der Waals surface area contributed by atoms with Crippen LogP contribution in [0.2, 0.25) is 5.02 Å². The van der Waals surface area contributed by atoms with Gasteiger partial charge in [-0.1, -0.05) is 25.4 Å². The molecule has 4 nitrogen and oxygen atoms in total. The first kappa shape index (κ1) is 16.8. The summed E-state index contributed by atoms with van der Waals surface area (Å²) >= 11 is 6.48. The molecule has 1 aliphatic rings. The molecule has 2 rings (SSSR count). The monoisotopic (exact) mass is 313 g/mol. The third-order valence-electron chi connectivity index (χ3n) is 4.65. The highest BCUT2D eigenvalue weighted by molar-refractivity contribution is 6.31. The van der Waals surface area contributed by atoms with Crippen LogP contribution in [0.4, 0.5) is 0 Å². The lowest BCUT2D eigenvalue weighted by Gasteiger charge is -2.27. The fourth-order valence-corrected chi connectivity index (χ4v) is 3.56. The van der Waals surface area contributed by atoms with Gasteiger partial charge in [0.2, 0.25) is 0 Å². The summed E-state index contributed by atoms with van der Waals surface area (Å²) in [6, 6.07) is 0. The molecule has 0 bridgehead atoms. The molecule has 21 heavy (non-hydrogen) atoms. The van der Waals surface area contributed by atoms with E-state index in [0.717, 1.165) is 68.3 Å². The van der Waals surface area contributed by atoms with E-state index in [1.54, 1.807) is 0 Å². The molecule has 5 heteroatoms. The second kappa shape index (κ2) is 7.12. The Labute approximate surface area is 133 Å². The quantitative estimate of drug-likeness (QED) is 0.909. The van der Waals surface area contributed by atoms with E-state index in [9.17, 15) is 5.11 Å². The lowest BCUT2D eigenvalue weighted by molar-refractivity contribution is 0.0240. The molecule has 1 aromatic rings. The number of aliphatic hydroxyl groups is 1. The normalized spacial score (nSPS) is 24.2. The molecule has 1 aromatic heterocycles. The largest absolute Gasteiger partial charge is 0.389 e. The lowest BCUT2D eigenvalue weighted by Crippen LogP contribution is -2.34. The van der Waals surface area contributed by atoms with Gasteiger partial charge < -0.3 is 10.0 Å². The minimum atomic E-state index is -0.647. The zero-order chi connectivity index (χ0) is 15.5. The standard InChI is InChI=1S/C16H28ClN3O/c1-4-13-15(17)14(20(6-3)18-13)12-16(21)8-7-10-19(5-2)11-9-16/h21H,4-12H2,1-3H3. The maximum absolute atomic E-state index is 11.0. The Kier molecular flexibility index (Phi) is 5.69. The Bertz CT molecular complexity index is 474. The molecule has 1 fully saturated rings. The first-order valence-electron chi connectivity index (χ1n) is 8.21. The highest BCUT2D eigenvalue weighted by atomic mass is 35.5. The van der Waals surface area contributed by atoms with Gasteiger partial charge in [-0.25, -0.2) is 0 Å². The third-order valence-corrected chi connectivity index (χ3v) is 5.08. The summed E-state index contributed by atoms with van der Waals surface area (Å²) in [7, 11) is 0. The second-order valence-electron chi connectivity index (χ2n) is 6.07. The molecule has 120 valence electrons. The summed E-state index contributed by atoms with van der Waals surface area (Å²) in [5.41, 5.74) is 1.30. The number of hydrogen-bond acceptors (Lipinski definition) is 3. The molecule has 0 amide bonds. The van der Waals surface area contributed by atoms with Gasteiger partial charge in [0.15, 0.2) is 0 Å². The molecular weight excluding hydrogens is 286 g/mol. The summed E-state index contributed by atoms with van der Waals surface area (Å²) in [6.07, 6.45) is 4.15. The molecule has 0 aliphatic carbocycles. The fraction of sp³-hybridized carbons (Fsp3) is 0.812.